The first kappa shape index (κ1) is 15.3. The second kappa shape index (κ2) is 7.09. The number of pyridine rings is 1. The van der Waals surface area contributed by atoms with E-state index in [4.69, 9.17) is 25.8 Å². The van der Waals surface area contributed by atoms with Crippen molar-refractivity contribution in [2.24, 2.45) is 0 Å². The lowest BCUT2D eigenvalue weighted by molar-refractivity contribution is -0.183. The maximum atomic E-state index is 6.25. The Balaban J connectivity index is 1.74. The maximum absolute atomic E-state index is 6.25. The molecule has 0 saturated carbocycles. The van der Waals surface area contributed by atoms with Gasteiger partial charge in [-0.1, -0.05) is 11.6 Å². The average Bonchev–Trinajstić information content (AvgIpc) is 2.51. The Hall–Kier alpha value is -0.630. The van der Waals surface area contributed by atoms with Gasteiger partial charge in [0.15, 0.2) is 12.0 Å². The van der Waals surface area contributed by atoms with Crippen LogP contribution < -0.4 is 4.74 Å². The molecule has 21 heavy (non-hydrogen) atoms. The zero-order chi connectivity index (χ0) is 14.7. The van der Waals surface area contributed by atoms with E-state index in [9.17, 15) is 0 Å². The topological polar surface area (TPSA) is 40.6 Å². The molecule has 6 heteroatoms. The Morgan fingerprint density at radius 1 is 1.38 bits per heavy atom. The standard InChI is InChI=1S/C15H15ClINO3/c16-11-9-12(17)15(14-10(11)3-1-5-18-14)21-8-4-13-19-6-2-7-20-13/h1,3,5,9,13H,2,4,6-8H2. The zero-order valence-corrected chi connectivity index (χ0v) is 14.3. The summed E-state index contributed by atoms with van der Waals surface area (Å²) >= 11 is 8.47. The Morgan fingerprint density at radius 3 is 3.00 bits per heavy atom. The van der Waals surface area contributed by atoms with Gasteiger partial charge in [0.25, 0.3) is 0 Å². The Morgan fingerprint density at radius 2 is 2.19 bits per heavy atom. The zero-order valence-electron chi connectivity index (χ0n) is 11.4. The highest BCUT2D eigenvalue weighted by atomic mass is 127. The van der Waals surface area contributed by atoms with E-state index in [2.05, 4.69) is 27.6 Å². The summed E-state index contributed by atoms with van der Waals surface area (Å²) in [4.78, 5) is 4.39. The van der Waals surface area contributed by atoms with E-state index in [1.807, 2.05) is 18.2 Å². The second-order valence-corrected chi connectivity index (χ2v) is 6.30. The molecule has 0 spiro atoms. The fourth-order valence-corrected chi connectivity index (χ4v) is 3.41. The molecule has 0 N–H and O–H groups in total. The van der Waals surface area contributed by atoms with Crippen LogP contribution in [-0.4, -0.2) is 31.1 Å². The molecule has 0 amide bonds. The fourth-order valence-electron chi connectivity index (χ4n) is 2.24. The summed E-state index contributed by atoms with van der Waals surface area (Å²) in [5.74, 6) is 0.770. The van der Waals surface area contributed by atoms with Crippen molar-refractivity contribution in [3.63, 3.8) is 0 Å². The van der Waals surface area contributed by atoms with Crippen LogP contribution in [0.4, 0.5) is 0 Å². The second-order valence-electron chi connectivity index (χ2n) is 4.73. The van der Waals surface area contributed by atoms with E-state index in [1.54, 1.807) is 6.20 Å². The van der Waals surface area contributed by atoms with Crippen LogP contribution in [-0.2, 0) is 9.47 Å². The molecule has 1 aliphatic rings. The van der Waals surface area contributed by atoms with Crippen LogP contribution in [0.2, 0.25) is 5.02 Å². The summed E-state index contributed by atoms with van der Waals surface area (Å²) in [5.41, 5.74) is 0.792. The number of aromatic nitrogens is 1. The predicted molar refractivity (Wildman–Crippen MR) is 89.9 cm³/mol. The Kier molecular flexibility index (Phi) is 5.15. The van der Waals surface area contributed by atoms with Crippen molar-refractivity contribution < 1.29 is 14.2 Å². The number of hydrogen-bond donors (Lipinski definition) is 0. The summed E-state index contributed by atoms with van der Waals surface area (Å²) in [6.07, 6.45) is 3.24. The molecule has 0 unspecified atom stereocenters. The van der Waals surface area contributed by atoms with Crippen LogP contribution in [0.3, 0.4) is 0 Å². The molecule has 4 nitrogen and oxygen atoms in total. The molecule has 2 heterocycles. The Labute approximate surface area is 141 Å². The minimum absolute atomic E-state index is 0.164. The normalized spacial score (nSPS) is 16.3. The van der Waals surface area contributed by atoms with Crippen molar-refractivity contribution in [3.05, 3.63) is 33.0 Å². The first-order chi connectivity index (χ1) is 10.3. The third kappa shape index (κ3) is 3.59. The summed E-state index contributed by atoms with van der Waals surface area (Å²) < 4.78 is 17.9. The number of hydrogen-bond acceptors (Lipinski definition) is 4. The first-order valence-electron chi connectivity index (χ1n) is 6.84. The number of nitrogens with zero attached hydrogens (tertiary/aromatic N) is 1. The number of rotatable bonds is 4. The van der Waals surface area contributed by atoms with Crippen molar-refractivity contribution in [2.45, 2.75) is 19.1 Å². The van der Waals surface area contributed by atoms with Crippen molar-refractivity contribution in [1.82, 2.24) is 4.98 Å². The largest absolute Gasteiger partial charge is 0.490 e. The third-order valence-corrected chi connectivity index (χ3v) is 4.36. The van der Waals surface area contributed by atoms with Gasteiger partial charge in [-0.3, -0.25) is 4.98 Å². The molecule has 1 aliphatic heterocycles. The van der Waals surface area contributed by atoms with Crippen molar-refractivity contribution >= 4 is 45.1 Å². The fraction of sp³-hybridized carbons (Fsp3) is 0.400. The van der Waals surface area contributed by atoms with Crippen molar-refractivity contribution in [2.75, 3.05) is 19.8 Å². The molecule has 1 aromatic heterocycles. The molecule has 1 saturated heterocycles. The first-order valence-corrected chi connectivity index (χ1v) is 8.30. The molecule has 1 aromatic carbocycles. The lowest BCUT2D eigenvalue weighted by Crippen LogP contribution is -2.26. The van der Waals surface area contributed by atoms with Gasteiger partial charge in [-0.25, -0.2) is 0 Å². The van der Waals surface area contributed by atoms with Crippen LogP contribution in [0.5, 0.6) is 5.75 Å². The van der Waals surface area contributed by atoms with Gasteiger partial charge in [-0.2, -0.15) is 0 Å². The molecule has 2 aromatic rings. The van der Waals surface area contributed by atoms with Gasteiger partial charge in [0, 0.05) is 18.0 Å². The number of fused-ring (bicyclic) bond motifs is 1. The van der Waals surface area contributed by atoms with Gasteiger partial charge in [0.05, 0.1) is 28.4 Å². The Bertz CT molecular complexity index is 632. The number of halogens is 2. The van der Waals surface area contributed by atoms with E-state index in [0.717, 1.165) is 39.9 Å². The van der Waals surface area contributed by atoms with E-state index < -0.39 is 0 Å². The lowest BCUT2D eigenvalue weighted by Gasteiger charge is -2.23. The molecule has 112 valence electrons. The van der Waals surface area contributed by atoms with Gasteiger partial charge >= 0.3 is 0 Å². The smallest absolute Gasteiger partial charge is 0.160 e. The SMILES string of the molecule is Clc1cc(I)c(OCCC2OCCCO2)c2ncccc12. The molecular formula is C15H15ClINO3. The minimum Gasteiger partial charge on any atom is -0.490 e. The molecule has 0 aliphatic carbocycles. The van der Waals surface area contributed by atoms with Crippen LogP contribution in [0.1, 0.15) is 12.8 Å². The summed E-state index contributed by atoms with van der Waals surface area (Å²) in [6, 6.07) is 5.71. The monoisotopic (exact) mass is 419 g/mol. The molecular weight excluding hydrogens is 405 g/mol. The van der Waals surface area contributed by atoms with Gasteiger partial charge in [-0.15, -0.1) is 0 Å². The molecule has 0 radical (unpaired) electrons. The third-order valence-electron chi connectivity index (χ3n) is 3.25. The van der Waals surface area contributed by atoms with E-state index >= 15 is 0 Å². The molecule has 3 rings (SSSR count). The lowest BCUT2D eigenvalue weighted by atomic mass is 10.2. The molecule has 0 atom stereocenters. The summed E-state index contributed by atoms with van der Waals surface area (Å²) in [5, 5.41) is 1.59. The van der Waals surface area contributed by atoms with Crippen molar-refractivity contribution in [3.8, 4) is 5.75 Å². The van der Waals surface area contributed by atoms with E-state index in [0.29, 0.717) is 18.1 Å². The van der Waals surface area contributed by atoms with Crippen LogP contribution in [0.15, 0.2) is 24.4 Å². The van der Waals surface area contributed by atoms with Crippen molar-refractivity contribution in [1.29, 1.82) is 0 Å². The van der Waals surface area contributed by atoms with Crippen LogP contribution >= 0.6 is 34.2 Å². The van der Waals surface area contributed by atoms with Gasteiger partial charge in [-0.05, 0) is 47.2 Å². The summed E-state index contributed by atoms with van der Waals surface area (Å²) in [7, 11) is 0. The average molecular weight is 420 g/mol. The van der Waals surface area contributed by atoms with Gasteiger partial charge in [0.2, 0.25) is 0 Å². The van der Waals surface area contributed by atoms with Crippen LogP contribution in [0, 0.1) is 3.57 Å². The highest BCUT2D eigenvalue weighted by molar-refractivity contribution is 14.1. The van der Waals surface area contributed by atoms with Crippen LogP contribution in [0.25, 0.3) is 10.9 Å². The molecule has 1 fully saturated rings. The highest BCUT2D eigenvalue weighted by Gasteiger charge is 2.16. The van der Waals surface area contributed by atoms with E-state index in [1.165, 1.54) is 0 Å². The maximum Gasteiger partial charge on any atom is 0.160 e. The van der Waals surface area contributed by atoms with E-state index in [-0.39, 0.29) is 6.29 Å². The predicted octanol–water partition coefficient (Wildman–Crippen LogP) is 4.02. The minimum atomic E-state index is -0.164. The highest BCUT2D eigenvalue weighted by Crippen LogP contribution is 2.34. The van der Waals surface area contributed by atoms with Gasteiger partial charge in [0.1, 0.15) is 5.52 Å². The number of benzene rings is 1. The number of ether oxygens (including phenoxy) is 3. The molecule has 0 bridgehead atoms. The summed E-state index contributed by atoms with van der Waals surface area (Å²) in [6.45, 7) is 2.04. The van der Waals surface area contributed by atoms with Gasteiger partial charge < -0.3 is 14.2 Å². The quantitative estimate of drug-likeness (QED) is 0.702.